The van der Waals surface area contributed by atoms with Crippen molar-refractivity contribution in [1.29, 1.82) is 0 Å². The van der Waals surface area contributed by atoms with Gasteiger partial charge in [-0.1, -0.05) is 11.6 Å². The second-order valence-electron chi connectivity index (χ2n) is 2.60. The summed E-state index contributed by atoms with van der Waals surface area (Å²) in [6.07, 6.45) is 2.53. The van der Waals surface area contributed by atoms with Gasteiger partial charge in [-0.25, -0.2) is 0 Å². The highest BCUT2D eigenvalue weighted by atomic mass is 127. The Balaban J connectivity index is 2.88. The molecule has 0 spiro atoms. The summed E-state index contributed by atoms with van der Waals surface area (Å²) in [7, 11) is 0. The zero-order valence-corrected chi connectivity index (χ0v) is 9.30. The number of aliphatic hydroxyl groups is 2. The van der Waals surface area contributed by atoms with Gasteiger partial charge in [-0.05, 0) is 41.7 Å². The Labute approximate surface area is 89.2 Å². The van der Waals surface area contributed by atoms with Gasteiger partial charge in [0.2, 0.25) is 5.18 Å². The van der Waals surface area contributed by atoms with Crippen molar-refractivity contribution in [1.82, 2.24) is 5.32 Å². The van der Waals surface area contributed by atoms with Crippen molar-refractivity contribution in [3.8, 4) is 0 Å². The van der Waals surface area contributed by atoms with Crippen molar-refractivity contribution in [3.63, 3.8) is 0 Å². The highest BCUT2D eigenvalue weighted by molar-refractivity contribution is 14.1. The summed E-state index contributed by atoms with van der Waals surface area (Å²) in [5.41, 5.74) is 0.513. The van der Waals surface area contributed by atoms with Gasteiger partial charge in [0.15, 0.2) is 0 Å². The van der Waals surface area contributed by atoms with Crippen molar-refractivity contribution < 1.29 is 10.2 Å². The van der Waals surface area contributed by atoms with Crippen LogP contribution in [0.5, 0.6) is 0 Å². The Bertz CT molecular complexity index is 248. The lowest BCUT2D eigenvalue weighted by Gasteiger charge is -2.27. The molecule has 12 heavy (non-hydrogen) atoms. The molecular weight excluding hydrogens is 292 g/mol. The number of nitrogens with one attached hydrogen (secondary N) is 1. The molecule has 1 aliphatic rings. The maximum absolute atomic E-state index is 9.39. The fourth-order valence-electron chi connectivity index (χ4n) is 0.873. The summed E-state index contributed by atoms with van der Waals surface area (Å²) < 4.78 is 0.791. The van der Waals surface area contributed by atoms with Gasteiger partial charge < -0.3 is 15.5 Å². The quantitative estimate of drug-likeness (QED) is 0.386. The van der Waals surface area contributed by atoms with E-state index in [1.807, 2.05) is 22.6 Å². The van der Waals surface area contributed by atoms with Crippen molar-refractivity contribution in [2.75, 3.05) is 0 Å². The van der Waals surface area contributed by atoms with E-state index >= 15 is 0 Å². The normalized spacial score (nSPS) is 31.8. The number of hydrogen-bond acceptors (Lipinski definition) is 3. The van der Waals surface area contributed by atoms with E-state index in [9.17, 15) is 10.2 Å². The molecule has 3 N–H and O–H groups in total. The highest BCUT2D eigenvalue weighted by Crippen LogP contribution is 2.25. The standard InChI is InChI=1S/C7H9ClINO2/c1-4(11)6-2-5(9)3-7(8,12)10-6/h2-4,10-12H,1H3. The summed E-state index contributed by atoms with van der Waals surface area (Å²) in [6, 6.07) is 0. The molecule has 0 aromatic carbocycles. The molecule has 0 aromatic rings. The third kappa shape index (κ3) is 2.62. The van der Waals surface area contributed by atoms with Crippen LogP contribution in [0.3, 0.4) is 0 Å². The maximum Gasteiger partial charge on any atom is 0.235 e. The first-order valence-electron chi connectivity index (χ1n) is 3.38. The van der Waals surface area contributed by atoms with Gasteiger partial charge in [0.25, 0.3) is 0 Å². The second-order valence-corrected chi connectivity index (χ2v) is 4.43. The van der Waals surface area contributed by atoms with Crippen LogP contribution < -0.4 is 5.32 Å². The van der Waals surface area contributed by atoms with E-state index in [2.05, 4.69) is 5.32 Å². The molecule has 0 saturated heterocycles. The maximum atomic E-state index is 9.39. The van der Waals surface area contributed by atoms with Crippen LogP contribution in [0.1, 0.15) is 6.92 Å². The average Bonchev–Trinajstić information content (AvgIpc) is 1.82. The number of alkyl halides is 1. The summed E-state index contributed by atoms with van der Waals surface area (Å²) in [5, 5.41) is 19.6. The zero-order chi connectivity index (χ0) is 9.35. The molecule has 1 heterocycles. The Morgan fingerprint density at radius 2 is 2.33 bits per heavy atom. The van der Waals surface area contributed by atoms with Crippen LogP contribution in [0, 0.1) is 0 Å². The number of allylic oxidation sites excluding steroid dienone is 2. The van der Waals surface area contributed by atoms with E-state index in [-0.39, 0.29) is 0 Å². The summed E-state index contributed by atoms with van der Waals surface area (Å²) in [6.45, 7) is 1.60. The van der Waals surface area contributed by atoms with Crippen LogP contribution in [0.4, 0.5) is 0 Å². The van der Waals surface area contributed by atoms with Gasteiger partial charge in [0.1, 0.15) is 0 Å². The van der Waals surface area contributed by atoms with E-state index in [4.69, 9.17) is 11.6 Å². The molecule has 0 amide bonds. The Morgan fingerprint density at radius 1 is 1.75 bits per heavy atom. The molecule has 0 bridgehead atoms. The van der Waals surface area contributed by atoms with Gasteiger partial charge >= 0.3 is 0 Å². The van der Waals surface area contributed by atoms with Crippen LogP contribution in [0.25, 0.3) is 0 Å². The molecule has 2 atom stereocenters. The molecule has 1 rings (SSSR count). The molecule has 0 radical (unpaired) electrons. The number of dihydropyridines is 1. The van der Waals surface area contributed by atoms with Crippen LogP contribution in [-0.2, 0) is 0 Å². The SMILES string of the molecule is CC(O)C1=CC(I)=CC(O)(Cl)N1. The van der Waals surface area contributed by atoms with Crippen molar-refractivity contribution in [3.05, 3.63) is 21.4 Å². The molecule has 0 aromatic heterocycles. The van der Waals surface area contributed by atoms with E-state index < -0.39 is 11.3 Å². The molecular formula is C7H9ClINO2. The topological polar surface area (TPSA) is 52.5 Å². The van der Waals surface area contributed by atoms with Crippen LogP contribution in [0.15, 0.2) is 21.4 Å². The lowest BCUT2D eigenvalue weighted by molar-refractivity contribution is 0.131. The molecule has 0 saturated carbocycles. The molecule has 2 unspecified atom stereocenters. The van der Waals surface area contributed by atoms with E-state index in [0.29, 0.717) is 5.70 Å². The molecule has 1 aliphatic heterocycles. The first-order chi connectivity index (χ1) is 5.41. The average molecular weight is 302 g/mol. The van der Waals surface area contributed by atoms with Crippen molar-refractivity contribution >= 4 is 34.2 Å². The van der Waals surface area contributed by atoms with Crippen LogP contribution in [0.2, 0.25) is 0 Å². The first kappa shape index (κ1) is 10.3. The molecule has 0 fully saturated rings. The Morgan fingerprint density at radius 3 is 2.75 bits per heavy atom. The van der Waals surface area contributed by atoms with Gasteiger partial charge in [-0.3, -0.25) is 0 Å². The summed E-state index contributed by atoms with van der Waals surface area (Å²) >= 11 is 7.64. The van der Waals surface area contributed by atoms with E-state index in [1.54, 1.807) is 13.0 Å². The number of rotatable bonds is 1. The zero-order valence-electron chi connectivity index (χ0n) is 6.38. The van der Waals surface area contributed by atoms with Crippen LogP contribution >= 0.6 is 34.2 Å². The third-order valence-corrected chi connectivity index (χ3v) is 2.22. The Kier molecular flexibility index (Phi) is 3.03. The van der Waals surface area contributed by atoms with Gasteiger partial charge in [-0.2, -0.15) is 0 Å². The van der Waals surface area contributed by atoms with Gasteiger partial charge in [-0.15, -0.1) is 0 Å². The minimum atomic E-state index is -1.57. The highest BCUT2D eigenvalue weighted by Gasteiger charge is 2.26. The minimum Gasteiger partial charge on any atom is -0.387 e. The van der Waals surface area contributed by atoms with Crippen molar-refractivity contribution in [2.45, 2.75) is 18.2 Å². The first-order valence-corrected chi connectivity index (χ1v) is 4.84. The fourth-order valence-corrected chi connectivity index (χ4v) is 2.07. The van der Waals surface area contributed by atoms with Crippen LogP contribution in [-0.4, -0.2) is 21.5 Å². The molecule has 68 valence electrons. The summed E-state index contributed by atoms with van der Waals surface area (Å²) in [4.78, 5) is 0. The smallest absolute Gasteiger partial charge is 0.235 e. The fraction of sp³-hybridized carbons (Fsp3) is 0.429. The predicted octanol–water partition coefficient (Wildman–Crippen LogP) is 1.06. The minimum absolute atomic E-state index is 0.513. The van der Waals surface area contributed by atoms with Crippen molar-refractivity contribution in [2.24, 2.45) is 0 Å². The lowest BCUT2D eigenvalue weighted by atomic mass is 10.2. The van der Waals surface area contributed by atoms with Gasteiger partial charge in [0.05, 0.1) is 6.10 Å². The van der Waals surface area contributed by atoms with E-state index in [0.717, 1.165) is 3.58 Å². The number of hydrogen-bond donors (Lipinski definition) is 3. The van der Waals surface area contributed by atoms with Gasteiger partial charge in [0, 0.05) is 9.28 Å². The Hall–Kier alpha value is 0.220. The summed E-state index contributed by atoms with van der Waals surface area (Å²) in [5.74, 6) is 0. The van der Waals surface area contributed by atoms with E-state index in [1.165, 1.54) is 6.08 Å². The number of halogens is 2. The molecule has 5 heteroatoms. The molecule has 0 aliphatic carbocycles. The monoisotopic (exact) mass is 301 g/mol. The number of aliphatic hydroxyl groups excluding tert-OH is 1. The molecule has 3 nitrogen and oxygen atoms in total. The second kappa shape index (κ2) is 3.53. The predicted molar refractivity (Wildman–Crippen MR) is 55.8 cm³/mol. The third-order valence-electron chi connectivity index (χ3n) is 1.39. The largest absolute Gasteiger partial charge is 0.387 e. The lowest BCUT2D eigenvalue weighted by Crippen LogP contribution is -2.41.